The van der Waals surface area contributed by atoms with Crippen LogP contribution in [0, 0.1) is 17.8 Å². The smallest absolute Gasteiger partial charge is 0.173 e. The van der Waals surface area contributed by atoms with Gasteiger partial charge in [0.15, 0.2) is 16.3 Å². The Morgan fingerprint density at radius 2 is 2.04 bits per heavy atom. The fourth-order valence-corrected chi connectivity index (χ4v) is 3.76. The minimum atomic E-state index is 0.154. The molecule has 0 spiro atoms. The number of aryl methyl sites for hydroxylation is 1. The van der Waals surface area contributed by atoms with Gasteiger partial charge in [-0.25, -0.2) is 9.97 Å². The number of fused-ring (bicyclic) bond motifs is 1. The lowest BCUT2D eigenvalue weighted by Crippen LogP contribution is -2.12. The van der Waals surface area contributed by atoms with E-state index in [0.29, 0.717) is 39.3 Å². The van der Waals surface area contributed by atoms with Crippen molar-refractivity contribution < 1.29 is 0 Å². The zero-order chi connectivity index (χ0) is 17.1. The SMILES string of the molecule is C#CCCCn1cnc(=N)c2[nH]c(Sc3cc(Cl)cc(Cl)c3)nc21. The molecule has 0 radical (unpaired) electrons. The minimum absolute atomic E-state index is 0.154. The average Bonchev–Trinajstić information content (AvgIpc) is 2.93. The summed E-state index contributed by atoms with van der Waals surface area (Å²) >= 11 is 13.5. The van der Waals surface area contributed by atoms with Crippen molar-refractivity contribution in [3.63, 3.8) is 0 Å². The molecule has 0 saturated heterocycles. The summed E-state index contributed by atoms with van der Waals surface area (Å²) in [4.78, 5) is 12.7. The Balaban J connectivity index is 1.95. The summed E-state index contributed by atoms with van der Waals surface area (Å²) < 4.78 is 1.90. The number of H-pyrrole nitrogens is 1. The topological polar surface area (TPSA) is 70.3 Å². The molecule has 8 heteroatoms. The van der Waals surface area contributed by atoms with Gasteiger partial charge >= 0.3 is 0 Å². The van der Waals surface area contributed by atoms with Crippen molar-refractivity contribution in [2.75, 3.05) is 0 Å². The molecule has 0 aliphatic heterocycles. The number of hydrogen-bond donors (Lipinski definition) is 2. The number of halogens is 2. The Kier molecular flexibility index (Phi) is 5.14. The monoisotopic (exact) mass is 377 g/mol. The van der Waals surface area contributed by atoms with Gasteiger partial charge in [0.25, 0.3) is 0 Å². The predicted molar refractivity (Wildman–Crippen MR) is 96.4 cm³/mol. The lowest BCUT2D eigenvalue weighted by atomic mass is 10.3. The van der Waals surface area contributed by atoms with Gasteiger partial charge in [-0.05, 0) is 24.6 Å². The minimum Gasteiger partial charge on any atom is -0.328 e. The van der Waals surface area contributed by atoms with Crippen molar-refractivity contribution in [1.82, 2.24) is 19.5 Å². The lowest BCUT2D eigenvalue weighted by Gasteiger charge is -2.04. The number of terminal acetylenes is 1. The highest BCUT2D eigenvalue weighted by Crippen LogP contribution is 2.31. The van der Waals surface area contributed by atoms with E-state index in [1.54, 1.807) is 12.4 Å². The quantitative estimate of drug-likeness (QED) is 0.519. The fourth-order valence-electron chi connectivity index (χ4n) is 2.22. The van der Waals surface area contributed by atoms with Crippen LogP contribution in [0.1, 0.15) is 12.8 Å². The van der Waals surface area contributed by atoms with E-state index in [1.807, 2.05) is 16.7 Å². The molecule has 0 fully saturated rings. The van der Waals surface area contributed by atoms with E-state index in [2.05, 4.69) is 20.9 Å². The number of imidazole rings is 1. The highest BCUT2D eigenvalue weighted by Gasteiger charge is 2.11. The first-order valence-corrected chi connectivity index (χ1v) is 8.71. The second-order valence-corrected chi connectivity index (χ2v) is 6.98. The van der Waals surface area contributed by atoms with Gasteiger partial charge in [-0.15, -0.1) is 12.3 Å². The third kappa shape index (κ3) is 3.75. The molecule has 2 aromatic heterocycles. The number of unbranched alkanes of at least 4 members (excludes halogenated alkanes) is 1. The van der Waals surface area contributed by atoms with Crippen LogP contribution in [0.5, 0.6) is 0 Å². The summed E-state index contributed by atoms with van der Waals surface area (Å²) in [5.74, 6) is 2.62. The van der Waals surface area contributed by atoms with Crippen LogP contribution >= 0.6 is 35.0 Å². The maximum Gasteiger partial charge on any atom is 0.173 e. The Hall–Kier alpha value is -1.94. The largest absolute Gasteiger partial charge is 0.328 e. The number of nitrogens with one attached hydrogen (secondary N) is 2. The third-order valence-electron chi connectivity index (χ3n) is 3.27. The summed E-state index contributed by atoms with van der Waals surface area (Å²) in [5, 5.41) is 9.73. The normalized spacial score (nSPS) is 10.9. The molecule has 3 rings (SSSR count). The molecular weight excluding hydrogens is 365 g/mol. The maximum atomic E-state index is 7.96. The molecule has 0 bridgehead atoms. The molecule has 0 amide bonds. The van der Waals surface area contributed by atoms with Gasteiger partial charge in [0.05, 0.1) is 6.33 Å². The maximum absolute atomic E-state index is 7.96. The van der Waals surface area contributed by atoms with Crippen LogP contribution in [0.25, 0.3) is 11.2 Å². The van der Waals surface area contributed by atoms with Gasteiger partial charge < -0.3 is 9.55 Å². The summed E-state index contributed by atoms with van der Waals surface area (Å²) in [6, 6.07) is 5.30. The molecule has 1 aromatic carbocycles. The first kappa shape index (κ1) is 16.9. The van der Waals surface area contributed by atoms with E-state index in [1.165, 1.54) is 11.8 Å². The highest BCUT2D eigenvalue weighted by atomic mass is 35.5. The van der Waals surface area contributed by atoms with Crippen LogP contribution in [0.15, 0.2) is 34.6 Å². The number of aromatic nitrogens is 4. The van der Waals surface area contributed by atoms with Gasteiger partial charge in [-0.1, -0.05) is 35.0 Å². The first-order valence-electron chi connectivity index (χ1n) is 7.14. The van der Waals surface area contributed by atoms with Crippen LogP contribution in [0.4, 0.5) is 0 Å². The van der Waals surface area contributed by atoms with E-state index >= 15 is 0 Å². The van der Waals surface area contributed by atoms with Gasteiger partial charge in [0.2, 0.25) is 0 Å². The van der Waals surface area contributed by atoms with Crippen LogP contribution in [-0.4, -0.2) is 19.5 Å². The number of nitrogens with zero attached hydrogens (tertiary/aromatic N) is 3. The number of hydrogen-bond acceptors (Lipinski definition) is 4. The Morgan fingerprint density at radius 1 is 1.29 bits per heavy atom. The second-order valence-electron chi connectivity index (χ2n) is 5.04. The molecule has 2 N–H and O–H groups in total. The van der Waals surface area contributed by atoms with Crippen LogP contribution < -0.4 is 5.49 Å². The number of benzene rings is 1. The first-order chi connectivity index (χ1) is 11.6. The molecule has 24 heavy (non-hydrogen) atoms. The summed E-state index contributed by atoms with van der Waals surface area (Å²) in [7, 11) is 0. The summed E-state index contributed by atoms with van der Waals surface area (Å²) in [6.07, 6.45) is 8.42. The zero-order valence-electron chi connectivity index (χ0n) is 12.5. The highest BCUT2D eigenvalue weighted by molar-refractivity contribution is 7.99. The molecule has 0 unspecified atom stereocenters. The van der Waals surface area contributed by atoms with Gasteiger partial charge in [-0.3, -0.25) is 5.41 Å². The van der Waals surface area contributed by atoms with E-state index in [0.717, 1.165) is 11.3 Å². The molecule has 0 aliphatic rings. The van der Waals surface area contributed by atoms with E-state index in [9.17, 15) is 0 Å². The summed E-state index contributed by atoms with van der Waals surface area (Å²) in [5.41, 5.74) is 1.43. The Bertz CT molecular complexity index is 966. The second kappa shape index (κ2) is 7.31. The Morgan fingerprint density at radius 3 is 2.75 bits per heavy atom. The molecule has 2 heterocycles. The molecule has 0 aliphatic carbocycles. The van der Waals surface area contributed by atoms with E-state index in [-0.39, 0.29) is 5.49 Å². The van der Waals surface area contributed by atoms with E-state index in [4.69, 9.17) is 35.0 Å². The van der Waals surface area contributed by atoms with Crippen molar-refractivity contribution >= 4 is 46.1 Å². The van der Waals surface area contributed by atoms with Gasteiger partial charge in [0.1, 0.15) is 5.52 Å². The van der Waals surface area contributed by atoms with Crippen molar-refractivity contribution in [1.29, 1.82) is 5.41 Å². The standard InChI is InChI=1S/C16H13Cl2N5S/c1-2-3-4-5-23-9-20-14(19)13-15(23)22-16(21-13)24-12-7-10(17)6-11(18)8-12/h1,6-9,19H,3-5H2,(H,21,22). The molecule has 0 atom stereocenters. The van der Waals surface area contributed by atoms with Gasteiger partial charge in [-0.2, -0.15) is 0 Å². The van der Waals surface area contributed by atoms with E-state index < -0.39 is 0 Å². The molecule has 5 nitrogen and oxygen atoms in total. The third-order valence-corrected chi connectivity index (χ3v) is 4.56. The molecule has 122 valence electrons. The van der Waals surface area contributed by atoms with Crippen LogP contribution in [0.3, 0.4) is 0 Å². The predicted octanol–water partition coefficient (Wildman–Crippen LogP) is 4.11. The van der Waals surface area contributed by atoms with Crippen molar-refractivity contribution in [2.24, 2.45) is 0 Å². The van der Waals surface area contributed by atoms with Crippen LogP contribution in [0.2, 0.25) is 10.0 Å². The number of aromatic amines is 1. The molecule has 3 aromatic rings. The number of rotatable bonds is 5. The summed E-state index contributed by atoms with van der Waals surface area (Å²) in [6.45, 7) is 0.700. The van der Waals surface area contributed by atoms with Crippen molar-refractivity contribution in [2.45, 2.75) is 29.4 Å². The van der Waals surface area contributed by atoms with Crippen molar-refractivity contribution in [3.05, 3.63) is 40.1 Å². The van der Waals surface area contributed by atoms with Gasteiger partial charge in [0, 0.05) is 27.9 Å². The molecule has 0 saturated carbocycles. The lowest BCUT2D eigenvalue weighted by molar-refractivity contribution is 0.653. The zero-order valence-corrected chi connectivity index (χ0v) is 14.8. The fraction of sp³-hybridized carbons (Fsp3) is 0.188. The molecular formula is C16H13Cl2N5S. The van der Waals surface area contributed by atoms with Crippen molar-refractivity contribution in [3.8, 4) is 12.3 Å². The Labute approximate surface area is 152 Å². The average molecular weight is 378 g/mol. The van der Waals surface area contributed by atoms with Crippen LogP contribution in [-0.2, 0) is 6.54 Å².